The highest BCUT2D eigenvalue weighted by Gasteiger charge is 2.20. The molecule has 1 rings (SSSR count). The van der Waals surface area contributed by atoms with E-state index in [2.05, 4.69) is 26.1 Å². The van der Waals surface area contributed by atoms with Crippen molar-refractivity contribution in [3.8, 4) is 6.07 Å². The number of halogens is 2. The first-order chi connectivity index (χ1) is 8.25. The molecule has 0 spiro atoms. The molecule has 18 heavy (non-hydrogen) atoms. The highest BCUT2D eigenvalue weighted by atomic mass is 19.1. The van der Waals surface area contributed by atoms with E-state index < -0.39 is 11.6 Å². The number of rotatable bonds is 3. The quantitative estimate of drug-likeness (QED) is 0.895. The van der Waals surface area contributed by atoms with Gasteiger partial charge in [-0.05, 0) is 24.5 Å². The lowest BCUT2D eigenvalue weighted by atomic mass is 9.88. The largest absolute Gasteiger partial charge is 0.309 e. The van der Waals surface area contributed by atoms with Crippen molar-refractivity contribution in [3.63, 3.8) is 0 Å². The first-order valence-electron chi connectivity index (χ1n) is 5.87. The molecule has 2 nitrogen and oxygen atoms in total. The van der Waals surface area contributed by atoms with Crippen molar-refractivity contribution in [1.82, 2.24) is 5.32 Å². The maximum Gasteiger partial charge on any atom is 0.131 e. The monoisotopic (exact) mass is 252 g/mol. The first kappa shape index (κ1) is 14.6. The van der Waals surface area contributed by atoms with Gasteiger partial charge >= 0.3 is 0 Å². The second-order valence-corrected chi connectivity index (χ2v) is 5.50. The molecule has 0 bridgehead atoms. The molecular formula is C14H18F2N2. The van der Waals surface area contributed by atoms with Gasteiger partial charge in [0.2, 0.25) is 0 Å². The summed E-state index contributed by atoms with van der Waals surface area (Å²) in [6.07, 6.45) is 0. The Bertz CT molecular complexity index is 447. The normalized spacial score (nSPS) is 13.2. The highest BCUT2D eigenvalue weighted by Crippen LogP contribution is 2.20. The zero-order chi connectivity index (χ0) is 13.9. The molecule has 0 heterocycles. The van der Waals surface area contributed by atoms with Crippen LogP contribution in [0.3, 0.4) is 0 Å². The van der Waals surface area contributed by atoms with E-state index in [-0.39, 0.29) is 29.1 Å². The van der Waals surface area contributed by atoms with Gasteiger partial charge in [-0.1, -0.05) is 20.8 Å². The molecule has 0 aliphatic heterocycles. The summed E-state index contributed by atoms with van der Waals surface area (Å²) in [5.74, 6) is -1.36. The smallest absolute Gasteiger partial charge is 0.131 e. The Hall–Kier alpha value is -1.47. The minimum Gasteiger partial charge on any atom is -0.309 e. The van der Waals surface area contributed by atoms with Crippen molar-refractivity contribution in [1.29, 1.82) is 5.26 Å². The predicted octanol–water partition coefficient (Wildman–Crippen LogP) is 3.36. The van der Waals surface area contributed by atoms with Crippen LogP contribution in [0.1, 0.15) is 38.8 Å². The van der Waals surface area contributed by atoms with E-state index in [0.717, 1.165) is 12.1 Å². The van der Waals surface area contributed by atoms with Gasteiger partial charge in [0, 0.05) is 18.2 Å². The molecule has 0 amide bonds. The lowest BCUT2D eigenvalue weighted by Gasteiger charge is -2.28. The highest BCUT2D eigenvalue weighted by molar-refractivity contribution is 5.34. The summed E-state index contributed by atoms with van der Waals surface area (Å²) in [7, 11) is 0. The Morgan fingerprint density at radius 1 is 1.28 bits per heavy atom. The summed E-state index contributed by atoms with van der Waals surface area (Å²) in [4.78, 5) is 0. The van der Waals surface area contributed by atoms with Gasteiger partial charge in [0.1, 0.15) is 11.6 Å². The maximum atomic E-state index is 13.6. The van der Waals surface area contributed by atoms with E-state index in [0.29, 0.717) is 0 Å². The second-order valence-electron chi connectivity index (χ2n) is 5.50. The molecule has 1 aromatic carbocycles. The fourth-order valence-electron chi connectivity index (χ4n) is 1.40. The van der Waals surface area contributed by atoms with Crippen LogP contribution in [0, 0.1) is 28.4 Å². The van der Waals surface area contributed by atoms with E-state index in [9.17, 15) is 8.78 Å². The van der Waals surface area contributed by atoms with Gasteiger partial charge in [-0.3, -0.25) is 0 Å². The van der Waals surface area contributed by atoms with Crippen LogP contribution in [0.15, 0.2) is 12.1 Å². The van der Waals surface area contributed by atoms with Crippen molar-refractivity contribution in [3.05, 3.63) is 34.9 Å². The second kappa shape index (κ2) is 5.45. The molecule has 0 saturated heterocycles. The molecule has 0 saturated carbocycles. The van der Waals surface area contributed by atoms with Crippen LogP contribution in [-0.4, -0.2) is 6.04 Å². The van der Waals surface area contributed by atoms with Gasteiger partial charge in [-0.25, -0.2) is 8.78 Å². The van der Waals surface area contributed by atoms with Gasteiger partial charge in [0.25, 0.3) is 0 Å². The molecule has 1 N–H and O–H groups in total. The third-order valence-corrected chi connectivity index (χ3v) is 3.15. The van der Waals surface area contributed by atoms with Crippen LogP contribution in [0.2, 0.25) is 0 Å². The Labute approximate surface area is 107 Å². The van der Waals surface area contributed by atoms with Crippen molar-refractivity contribution >= 4 is 0 Å². The lowest BCUT2D eigenvalue weighted by Crippen LogP contribution is -2.37. The van der Waals surface area contributed by atoms with E-state index in [1.165, 1.54) is 0 Å². The molecule has 0 radical (unpaired) electrons. The molecule has 0 aliphatic rings. The lowest BCUT2D eigenvalue weighted by molar-refractivity contribution is 0.283. The van der Waals surface area contributed by atoms with Crippen LogP contribution in [0.5, 0.6) is 0 Å². The molecule has 0 fully saturated rings. The number of nitrogens with zero attached hydrogens (tertiary/aromatic N) is 1. The van der Waals surface area contributed by atoms with Crippen molar-refractivity contribution < 1.29 is 8.78 Å². The summed E-state index contributed by atoms with van der Waals surface area (Å²) in [6, 6.07) is 3.96. The van der Waals surface area contributed by atoms with Crippen LogP contribution in [0.4, 0.5) is 8.78 Å². The van der Waals surface area contributed by atoms with Crippen LogP contribution >= 0.6 is 0 Å². The first-order valence-corrected chi connectivity index (χ1v) is 5.87. The third-order valence-electron chi connectivity index (χ3n) is 3.15. The average molecular weight is 252 g/mol. The summed E-state index contributed by atoms with van der Waals surface area (Å²) in [6.45, 7) is 8.24. The molecule has 1 unspecified atom stereocenters. The van der Waals surface area contributed by atoms with Gasteiger partial charge < -0.3 is 5.32 Å². The molecule has 4 heteroatoms. The van der Waals surface area contributed by atoms with Crippen molar-refractivity contribution in [2.75, 3.05) is 0 Å². The maximum absolute atomic E-state index is 13.6. The fourth-order valence-corrected chi connectivity index (χ4v) is 1.40. The van der Waals surface area contributed by atoms with Crippen LogP contribution in [-0.2, 0) is 6.54 Å². The Morgan fingerprint density at radius 2 is 1.78 bits per heavy atom. The Morgan fingerprint density at radius 3 is 2.17 bits per heavy atom. The zero-order valence-electron chi connectivity index (χ0n) is 11.1. The fraction of sp³-hybridized carbons (Fsp3) is 0.500. The summed E-state index contributed by atoms with van der Waals surface area (Å²) in [5.41, 5.74) is -0.0118. The average Bonchev–Trinajstić information content (AvgIpc) is 2.25. The van der Waals surface area contributed by atoms with Gasteiger partial charge in [-0.15, -0.1) is 0 Å². The molecule has 1 atom stereocenters. The van der Waals surface area contributed by atoms with Gasteiger partial charge in [0.15, 0.2) is 0 Å². The molecular weight excluding hydrogens is 234 g/mol. The standard InChI is InChI=1S/C14H18F2N2/c1-9(14(2,3)4)18-8-11-12(15)5-10(7-17)6-13(11)16/h5-6,9,18H,8H2,1-4H3. The number of benzene rings is 1. The van der Waals surface area contributed by atoms with Crippen molar-refractivity contribution in [2.24, 2.45) is 5.41 Å². The molecule has 0 aliphatic carbocycles. The minimum absolute atomic E-state index is 0.00220. The van der Waals surface area contributed by atoms with Crippen LogP contribution in [0.25, 0.3) is 0 Å². The number of nitrogens with one attached hydrogen (secondary N) is 1. The van der Waals surface area contributed by atoms with Gasteiger partial charge in [0.05, 0.1) is 11.6 Å². The van der Waals surface area contributed by atoms with Crippen molar-refractivity contribution in [2.45, 2.75) is 40.3 Å². The molecule has 1 aromatic rings. The van der Waals surface area contributed by atoms with Crippen LogP contribution < -0.4 is 5.32 Å². The SMILES string of the molecule is CC(NCc1c(F)cc(C#N)cc1F)C(C)(C)C. The summed E-state index contributed by atoms with van der Waals surface area (Å²) >= 11 is 0. The predicted molar refractivity (Wildman–Crippen MR) is 66.8 cm³/mol. The summed E-state index contributed by atoms with van der Waals surface area (Å²) in [5, 5.41) is 11.7. The minimum atomic E-state index is -0.680. The van der Waals surface area contributed by atoms with E-state index in [4.69, 9.17) is 5.26 Å². The Kier molecular flexibility index (Phi) is 4.42. The molecule has 0 aromatic heterocycles. The van der Waals surface area contributed by atoms with E-state index in [1.54, 1.807) is 6.07 Å². The molecule has 98 valence electrons. The van der Waals surface area contributed by atoms with Gasteiger partial charge in [-0.2, -0.15) is 5.26 Å². The van der Waals surface area contributed by atoms with E-state index in [1.807, 2.05) is 6.92 Å². The number of hydrogen-bond acceptors (Lipinski definition) is 2. The topological polar surface area (TPSA) is 35.8 Å². The third kappa shape index (κ3) is 3.51. The summed E-state index contributed by atoms with van der Waals surface area (Å²) < 4.78 is 27.2. The Balaban J connectivity index is 2.84. The number of hydrogen-bond donors (Lipinski definition) is 1. The van der Waals surface area contributed by atoms with E-state index >= 15 is 0 Å². The number of nitriles is 1. The zero-order valence-corrected chi connectivity index (χ0v) is 11.1.